The molecule has 7 nitrogen and oxygen atoms in total. The molecule has 3 aromatic rings. The Hall–Kier alpha value is -2.49. The minimum Gasteiger partial charge on any atom is -0.744 e. The molecule has 0 heterocycles. The maximum absolute atomic E-state index is 12.1. The second-order valence-corrected chi connectivity index (χ2v) is 6.92. The monoisotopic (exact) mass is 420 g/mol. The molecular formula is C20H13NaO7S. The van der Waals surface area contributed by atoms with Gasteiger partial charge in [-0.25, -0.2) is 18.0 Å². The summed E-state index contributed by atoms with van der Waals surface area (Å²) >= 11 is 0. The smallest absolute Gasteiger partial charge is 0.744 e. The van der Waals surface area contributed by atoms with Crippen LogP contribution >= 0.6 is 0 Å². The number of esters is 2. The van der Waals surface area contributed by atoms with Gasteiger partial charge in [0.2, 0.25) is 0 Å². The van der Waals surface area contributed by atoms with Gasteiger partial charge in [0.15, 0.2) is 0 Å². The van der Waals surface area contributed by atoms with Crippen LogP contribution in [0, 0.1) is 0 Å². The molecule has 3 aromatic carbocycles. The van der Waals surface area contributed by atoms with Crippen LogP contribution in [0.4, 0.5) is 0 Å². The van der Waals surface area contributed by atoms with E-state index in [-0.39, 0.29) is 46.4 Å². The average Bonchev–Trinajstić information content (AvgIpc) is 2.69. The summed E-state index contributed by atoms with van der Waals surface area (Å²) in [5.41, 5.74) is 0.421. The van der Waals surface area contributed by atoms with Gasteiger partial charge in [0.25, 0.3) is 0 Å². The maximum atomic E-state index is 12.1. The van der Waals surface area contributed by atoms with Gasteiger partial charge in [-0.05, 0) is 36.4 Å². The Labute approximate surface area is 189 Å². The van der Waals surface area contributed by atoms with Crippen LogP contribution in [0.5, 0.6) is 11.5 Å². The Bertz CT molecular complexity index is 1110. The van der Waals surface area contributed by atoms with Crippen LogP contribution in [0.15, 0.2) is 83.8 Å². The predicted octanol–water partition coefficient (Wildman–Crippen LogP) is 0.0331. The molecule has 9 heteroatoms. The first-order chi connectivity index (χ1) is 13.3. The van der Waals surface area contributed by atoms with Gasteiger partial charge in [0.1, 0.15) is 26.5 Å². The van der Waals surface area contributed by atoms with Crippen LogP contribution < -0.4 is 39.0 Å². The number of carbonyl (C=O) groups excluding carboxylic acids is 2. The third kappa shape index (κ3) is 5.99. The van der Waals surface area contributed by atoms with E-state index < -0.39 is 32.7 Å². The Morgan fingerprint density at radius 3 is 1.69 bits per heavy atom. The van der Waals surface area contributed by atoms with E-state index in [0.717, 1.165) is 12.1 Å². The second-order valence-electron chi connectivity index (χ2n) is 5.57. The first-order valence-corrected chi connectivity index (χ1v) is 9.40. The van der Waals surface area contributed by atoms with Crippen LogP contribution in [0.1, 0.15) is 20.7 Å². The van der Waals surface area contributed by atoms with Crippen LogP contribution in [-0.4, -0.2) is 24.9 Å². The first-order valence-electron chi connectivity index (χ1n) is 7.99. The molecule has 142 valence electrons. The van der Waals surface area contributed by atoms with Crippen LogP contribution in [0.3, 0.4) is 0 Å². The molecule has 0 radical (unpaired) electrons. The summed E-state index contributed by atoms with van der Waals surface area (Å²) in [4.78, 5) is 23.4. The average molecular weight is 420 g/mol. The summed E-state index contributed by atoms with van der Waals surface area (Å²) in [6.07, 6.45) is 0. The van der Waals surface area contributed by atoms with Crippen LogP contribution in [-0.2, 0) is 10.1 Å². The number of rotatable bonds is 5. The van der Waals surface area contributed by atoms with Gasteiger partial charge < -0.3 is 14.0 Å². The number of hydrogen-bond acceptors (Lipinski definition) is 7. The van der Waals surface area contributed by atoms with E-state index in [1.165, 1.54) is 30.3 Å². The van der Waals surface area contributed by atoms with E-state index in [1.54, 1.807) is 36.4 Å². The summed E-state index contributed by atoms with van der Waals surface area (Å²) in [7, 11) is -5.00. The summed E-state index contributed by atoms with van der Waals surface area (Å²) in [6, 6.07) is 19.0. The van der Waals surface area contributed by atoms with E-state index in [1.807, 2.05) is 0 Å². The predicted molar refractivity (Wildman–Crippen MR) is 97.2 cm³/mol. The van der Waals surface area contributed by atoms with Gasteiger partial charge in [-0.15, -0.1) is 0 Å². The molecule has 0 fully saturated rings. The van der Waals surface area contributed by atoms with Crippen molar-refractivity contribution in [2.24, 2.45) is 0 Å². The van der Waals surface area contributed by atoms with E-state index in [4.69, 9.17) is 9.47 Å². The summed E-state index contributed by atoms with van der Waals surface area (Å²) < 4.78 is 44.9. The number of carbonyl (C=O) groups is 2. The molecule has 0 aliphatic rings. The quantitative estimate of drug-likeness (QED) is 0.248. The van der Waals surface area contributed by atoms with Crippen molar-refractivity contribution in [3.63, 3.8) is 0 Å². The molecule has 0 aromatic heterocycles. The molecule has 0 bridgehead atoms. The molecule has 0 saturated carbocycles. The van der Waals surface area contributed by atoms with Gasteiger partial charge in [-0.1, -0.05) is 36.4 Å². The van der Waals surface area contributed by atoms with Gasteiger partial charge in [0.05, 0.1) is 11.1 Å². The number of ether oxygens (including phenoxy) is 2. The summed E-state index contributed by atoms with van der Waals surface area (Å²) in [5.74, 6) is -2.20. The van der Waals surface area contributed by atoms with Gasteiger partial charge in [-0.2, -0.15) is 0 Å². The van der Waals surface area contributed by atoms with Gasteiger partial charge in [0, 0.05) is 6.07 Å². The Kier molecular flexibility index (Phi) is 7.72. The molecular weight excluding hydrogens is 407 g/mol. The molecule has 0 aliphatic heterocycles. The van der Waals surface area contributed by atoms with Gasteiger partial charge >= 0.3 is 41.5 Å². The largest absolute Gasteiger partial charge is 1.00 e. The minimum absolute atomic E-state index is 0. The second kappa shape index (κ2) is 9.82. The Morgan fingerprint density at radius 1 is 0.724 bits per heavy atom. The van der Waals surface area contributed by atoms with E-state index in [0.29, 0.717) is 0 Å². The van der Waals surface area contributed by atoms with Crippen molar-refractivity contribution >= 4 is 22.1 Å². The zero-order valence-corrected chi connectivity index (χ0v) is 18.1. The molecule has 29 heavy (non-hydrogen) atoms. The minimum atomic E-state index is -5.00. The van der Waals surface area contributed by atoms with E-state index in [9.17, 15) is 22.6 Å². The SMILES string of the molecule is O=C(Oc1ccc(OC(=O)c2ccccc2)c(S(=O)(=O)[O-])c1)c1ccccc1.[Na+]. The standard InChI is InChI=1S/C20H14O7S.Na/c21-19(14-7-3-1-4-8-14)26-16-11-12-17(18(13-16)28(23,24)25)27-20(22)15-9-5-2-6-10-15;/h1-13H,(H,23,24,25);/q;+1/p-1. The van der Waals surface area contributed by atoms with E-state index >= 15 is 0 Å². The van der Waals surface area contributed by atoms with Crippen molar-refractivity contribution in [3.05, 3.63) is 90.0 Å². The Morgan fingerprint density at radius 2 is 1.21 bits per heavy atom. The third-order valence-electron chi connectivity index (χ3n) is 3.62. The van der Waals surface area contributed by atoms with Crippen molar-refractivity contribution in [1.82, 2.24) is 0 Å². The number of benzene rings is 3. The summed E-state index contributed by atoms with van der Waals surface area (Å²) in [6.45, 7) is 0. The van der Waals surface area contributed by atoms with Crippen molar-refractivity contribution in [2.45, 2.75) is 4.90 Å². The molecule has 3 rings (SSSR count). The molecule has 0 amide bonds. The first kappa shape index (κ1) is 22.8. The molecule has 0 N–H and O–H groups in total. The fraction of sp³-hybridized carbons (Fsp3) is 0. The molecule has 0 saturated heterocycles. The normalized spacial score (nSPS) is 10.5. The zero-order chi connectivity index (χ0) is 20.1. The van der Waals surface area contributed by atoms with Crippen molar-refractivity contribution in [1.29, 1.82) is 0 Å². The fourth-order valence-electron chi connectivity index (χ4n) is 2.30. The molecule has 0 aliphatic carbocycles. The third-order valence-corrected chi connectivity index (χ3v) is 4.47. The van der Waals surface area contributed by atoms with E-state index in [2.05, 4.69) is 0 Å². The van der Waals surface area contributed by atoms with Crippen LogP contribution in [0.25, 0.3) is 0 Å². The fourth-order valence-corrected chi connectivity index (χ4v) is 2.92. The summed E-state index contributed by atoms with van der Waals surface area (Å²) in [5, 5.41) is 0. The van der Waals surface area contributed by atoms with Crippen molar-refractivity contribution in [3.8, 4) is 11.5 Å². The zero-order valence-electron chi connectivity index (χ0n) is 15.3. The Balaban J connectivity index is 0.00000300. The van der Waals surface area contributed by atoms with Crippen LogP contribution in [0.2, 0.25) is 0 Å². The molecule has 0 unspecified atom stereocenters. The molecule has 0 atom stereocenters. The maximum Gasteiger partial charge on any atom is 1.00 e. The van der Waals surface area contributed by atoms with Crippen molar-refractivity contribution < 1.29 is 61.6 Å². The van der Waals surface area contributed by atoms with Crippen molar-refractivity contribution in [2.75, 3.05) is 0 Å². The topological polar surface area (TPSA) is 110 Å². The molecule has 0 spiro atoms. The van der Waals surface area contributed by atoms with Gasteiger partial charge in [-0.3, -0.25) is 0 Å². The number of hydrogen-bond donors (Lipinski definition) is 0.